The van der Waals surface area contributed by atoms with Crippen LogP contribution < -0.4 is 4.74 Å². The van der Waals surface area contributed by atoms with Crippen LogP contribution in [0.4, 0.5) is 0 Å². The van der Waals surface area contributed by atoms with E-state index in [-0.39, 0.29) is 5.41 Å². The van der Waals surface area contributed by atoms with Gasteiger partial charge in [-0.25, -0.2) is 4.98 Å². The first-order chi connectivity index (χ1) is 9.15. The highest BCUT2D eigenvalue weighted by Crippen LogP contribution is 2.45. The van der Waals surface area contributed by atoms with Crippen LogP contribution in [0.1, 0.15) is 36.7 Å². The smallest absolute Gasteiger partial charge is 0.237 e. The van der Waals surface area contributed by atoms with Gasteiger partial charge in [0, 0.05) is 17.5 Å². The van der Waals surface area contributed by atoms with Gasteiger partial charge in [0.1, 0.15) is 6.29 Å². The molecule has 100 valence electrons. The van der Waals surface area contributed by atoms with Gasteiger partial charge < -0.3 is 9.53 Å². The SMILES string of the molecule is CCc1c(OC)nc2nc(C3(C=O)CC3)cn2c1C. The summed E-state index contributed by atoms with van der Waals surface area (Å²) in [7, 11) is 1.62. The molecule has 0 spiro atoms. The number of fused-ring (bicyclic) bond motifs is 1. The average molecular weight is 259 g/mol. The van der Waals surface area contributed by atoms with Crippen molar-refractivity contribution in [2.45, 2.75) is 38.5 Å². The Hall–Kier alpha value is -1.91. The predicted octanol–water partition coefficient (Wildman–Crippen LogP) is 1.84. The van der Waals surface area contributed by atoms with Gasteiger partial charge in [-0.05, 0) is 26.2 Å². The average Bonchev–Trinajstić information content (AvgIpc) is 3.11. The van der Waals surface area contributed by atoms with Crippen LogP contribution in [0.2, 0.25) is 0 Å². The fourth-order valence-corrected chi connectivity index (χ4v) is 2.54. The first-order valence-corrected chi connectivity index (χ1v) is 6.54. The molecule has 0 saturated heterocycles. The lowest BCUT2D eigenvalue weighted by atomic mass is 10.1. The summed E-state index contributed by atoms with van der Waals surface area (Å²) in [4.78, 5) is 20.1. The van der Waals surface area contributed by atoms with Crippen LogP contribution in [-0.2, 0) is 16.6 Å². The number of ether oxygens (including phenoxy) is 1. The van der Waals surface area contributed by atoms with E-state index < -0.39 is 0 Å². The number of carbonyl (C=O) groups excluding carboxylic acids is 1. The standard InChI is InChI=1S/C14H17N3O2/c1-4-10-9(2)17-7-11(14(8-18)5-6-14)15-13(17)16-12(10)19-3/h7-8H,4-6H2,1-3H3. The number of imidazole rings is 1. The van der Waals surface area contributed by atoms with E-state index in [2.05, 4.69) is 16.9 Å². The van der Waals surface area contributed by atoms with Crippen LogP contribution in [0.15, 0.2) is 6.20 Å². The summed E-state index contributed by atoms with van der Waals surface area (Å²) in [5.74, 6) is 1.23. The number of rotatable bonds is 4. The molecule has 5 nitrogen and oxygen atoms in total. The highest BCUT2D eigenvalue weighted by atomic mass is 16.5. The van der Waals surface area contributed by atoms with Crippen molar-refractivity contribution in [2.75, 3.05) is 7.11 Å². The molecule has 19 heavy (non-hydrogen) atoms. The second-order valence-electron chi connectivity index (χ2n) is 5.11. The van der Waals surface area contributed by atoms with Crippen LogP contribution in [0, 0.1) is 6.92 Å². The molecule has 1 aliphatic rings. The minimum absolute atomic E-state index is 0.361. The Labute approximate surface area is 111 Å². The van der Waals surface area contributed by atoms with Crippen LogP contribution in [0.5, 0.6) is 5.88 Å². The van der Waals surface area contributed by atoms with Crippen molar-refractivity contribution < 1.29 is 9.53 Å². The fraction of sp³-hybridized carbons (Fsp3) is 0.500. The Morgan fingerprint density at radius 1 is 1.47 bits per heavy atom. The van der Waals surface area contributed by atoms with Gasteiger partial charge in [0.15, 0.2) is 0 Å². The number of aldehydes is 1. The zero-order valence-electron chi connectivity index (χ0n) is 11.4. The van der Waals surface area contributed by atoms with E-state index in [1.807, 2.05) is 17.5 Å². The van der Waals surface area contributed by atoms with Gasteiger partial charge in [-0.2, -0.15) is 4.98 Å². The number of nitrogens with zero attached hydrogens (tertiary/aromatic N) is 3. The number of methoxy groups -OCH3 is 1. The van der Waals surface area contributed by atoms with Crippen molar-refractivity contribution in [3.8, 4) is 5.88 Å². The van der Waals surface area contributed by atoms with Crippen LogP contribution in [0.3, 0.4) is 0 Å². The summed E-state index contributed by atoms with van der Waals surface area (Å²) in [5, 5.41) is 0. The maximum absolute atomic E-state index is 11.2. The first-order valence-electron chi connectivity index (χ1n) is 6.54. The third-order valence-electron chi connectivity index (χ3n) is 4.02. The summed E-state index contributed by atoms with van der Waals surface area (Å²) in [6.45, 7) is 4.10. The zero-order chi connectivity index (χ0) is 13.6. The maximum atomic E-state index is 11.2. The van der Waals surface area contributed by atoms with Gasteiger partial charge in [0.2, 0.25) is 11.7 Å². The van der Waals surface area contributed by atoms with Crippen LogP contribution in [0.25, 0.3) is 5.78 Å². The molecular weight excluding hydrogens is 242 g/mol. The topological polar surface area (TPSA) is 56.5 Å². The molecular formula is C14H17N3O2. The van der Waals surface area contributed by atoms with E-state index in [0.29, 0.717) is 11.7 Å². The highest BCUT2D eigenvalue weighted by Gasteiger charge is 2.46. The van der Waals surface area contributed by atoms with E-state index in [4.69, 9.17) is 4.74 Å². The lowest BCUT2D eigenvalue weighted by Gasteiger charge is -2.10. The van der Waals surface area contributed by atoms with E-state index in [0.717, 1.165) is 42.5 Å². The second kappa shape index (κ2) is 4.05. The third kappa shape index (κ3) is 1.64. The minimum Gasteiger partial charge on any atom is -0.481 e. The molecule has 0 radical (unpaired) electrons. The Balaban J connectivity index is 2.23. The largest absolute Gasteiger partial charge is 0.481 e. The molecule has 3 rings (SSSR count). The van der Waals surface area contributed by atoms with Crippen molar-refractivity contribution >= 4 is 12.1 Å². The molecule has 5 heteroatoms. The molecule has 0 aliphatic heterocycles. The molecule has 0 atom stereocenters. The van der Waals surface area contributed by atoms with Gasteiger partial charge in [-0.15, -0.1) is 0 Å². The Kier molecular flexibility index (Phi) is 2.59. The van der Waals surface area contributed by atoms with Crippen molar-refractivity contribution in [1.29, 1.82) is 0 Å². The first kappa shape index (κ1) is 12.1. The minimum atomic E-state index is -0.361. The van der Waals surface area contributed by atoms with Gasteiger partial charge in [0.25, 0.3) is 0 Å². The van der Waals surface area contributed by atoms with E-state index >= 15 is 0 Å². The summed E-state index contributed by atoms with van der Waals surface area (Å²) >= 11 is 0. The van der Waals surface area contributed by atoms with Gasteiger partial charge >= 0.3 is 0 Å². The van der Waals surface area contributed by atoms with Crippen molar-refractivity contribution in [3.05, 3.63) is 23.1 Å². The Morgan fingerprint density at radius 3 is 2.74 bits per heavy atom. The maximum Gasteiger partial charge on any atom is 0.237 e. The lowest BCUT2D eigenvalue weighted by molar-refractivity contribution is -0.109. The van der Waals surface area contributed by atoms with Crippen molar-refractivity contribution in [2.24, 2.45) is 0 Å². The number of hydrogen-bond donors (Lipinski definition) is 0. The zero-order valence-corrected chi connectivity index (χ0v) is 11.4. The third-order valence-corrected chi connectivity index (χ3v) is 4.02. The molecule has 0 aromatic carbocycles. The lowest BCUT2D eigenvalue weighted by Crippen LogP contribution is -2.07. The number of aromatic nitrogens is 3. The number of carbonyl (C=O) groups is 1. The van der Waals surface area contributed by atoms with E-state index in [1.54, 1.807) is 7.11 Å². The summed E-state index contributed by atoms with van der Waals surface area (Å²) in [5.41, 5.74) is 2.62. The molecule has 1 aliphatic carbocycles. The normalized spacial score (nSPS) is 16.6. The monoisotopic (exact) mass is 259 g/mol. The van der Waals surface area contributed by atoms with Gasteiger partial charge in [-0.3, -0.25) is 4.40 Å². The highest BCUT2D eigenvalue weighted by molar-refractivity contribution is 5.72. The molecule has 0 bridgehead atoms. The predicted molar refractivity (Wildman–Crippen MR) is 70.6 cm³/mol. The Morgan fingerprint density at radius 2 is 2.21 bits per heavy atom. The van der Waals surface area contributed by atoms with Gasteiger partial charge in [-0.1, -0.05) is 6.92 Å². The summed E-state index contributed by atoms with van der Waals surface area (Å²) < 4.78 is 7.29. The molecule has 2 aromatic heterocycles. The second-order valence-corrected chi connectivity index (χ2v) is 5.11. The van der Waals surface area contributed by atoms with E-state index in [9.17, 15) is 4.79 Å². The molecule has 2 heterocycles. The van der Waals surface area contributed by atoms with Crippen LogP contribution >= 0.6 is 0 Å². The fourth-order valence-electron chi connectivity index (χ4n) is 2.54. The molecule has 0 N–H and O–H groups in total. The molecule has 1 fully saturated rings. The van der Waals surface area contributed by atoms with Gasteiger partial charge in [0.05, 0.1) is 18.2 Å². The number of aryl methyl sites for hydroxylation is 1. The molecule has 1 saturated carbocycles. The summed E-state index contributed by atoms with van der Waals surface area (Å²) in [6.07, 6.45) is 5.58. The molecule has 0 amide bonds. The quantitative estimate of drug-likeness (QED) is 0.786. The van der Waals surface area contributed by atoms with Crippen molar-refractivity contribution in [3.63, 3.8) is 0 Å². The van der Waals surface area contributed by atoms with Crippen molar-refractivity contribution in [1.82, 2.24) is 14.4 Å². The number of hydrogen-bond acceptors (Lipinski definition) is 4. The van der Waals surface area contributed by atoms with E-state index in [1.165, 1.54) is 0 Å². The molecule has 2 aromatic rings. The van der Waals surface area contributed by atoms with Crippen LogP contribution in [-0.4, -0.2) is 27.8 Å². The Bertz CT molecular complexity index is 656. The molecule has 0 unspecified atom stereocenters. The summed E-state index contributed by atoms with van der Waals surface area (Å²) in [6, 6.07) is 0.